The van der Waals surface area contributed by atoms with Gasteiger partial charge < -0.3 is 4.74 Å². The van der Waals surface area contributed by atoms with E-state index >= 15 is 0 Å². The summed E-state index contributed by atoms with van der Waals surface area (Å²) < 4.78 is 10.8. The van der Waals surface area contributed by atoms with E-state index in [1.165, 1.54) is 16.0 Å². The second-order valence-corrected chi connectivity index (χ2v) is 9.00. The lowest BCUT2D eigenvalue weighted by Crippen LogP contribution is -2.26. The molecule has 7 nitrogen and oxygen atoms in total. The predicted molar refractivity (Wildman–Crippen MR) is 131 cm³/mol. The number of thiophene rings is 1. The van der Waals surface area contributed by atoms with Gasteiger partial charge in [-0.15, -0.1) is 16.4 Å². The first-order chi connectivity index (χ1) is 16.0. The smallest absolute Gasteiger partial charge is 0.352 e. The molecule has 33 heavy (non-hydrogen) atoms. The normalized spacial score (nSPS) is 11.5. The van der Waals surface area contributed by atoms with Crippen LogP contribution in [0.15, 0.2) is 69.6 Å². The highest BCUT2D eigenvalue weighted by Gasteiger charge is 2.18. The highest BCUT2D eigenvalue weighted by Crippen LogP contribution is 2.19. The van der Waals surface area contributed by atoms with Gasteiger partial charge in [-0.1, -0.05) is 48.9 Å². The quantitative estimate of drug-likeness (QED) is 0.367. The summed E-state index contributed by atoms with van der Waals surface area (Å²) in [6.45, 7) is 5.39. The molecule has 0 fully saturated rings. The van der Waals surface area contributed by atoms with Gasteiger partial charge in [0.15, 0.2) is 0 Å². The van der Waals surface area contributed by atoms with Crippen LogP contribution in [-0.2, 0) is 13.1 Å². The maximum atomic E-state index is 13.3. The van der Waals surface area contributed by atoms with Crippen LogP contribution in [0.3, 0.4) is 0 Å². The first-order valence-electron chi connectivity index (χ1n) is 10.9. The number of hydrogen-bond acceptors (Lipinski definition) is 5. The van der Waals surface area contributed by atoms with Gasteiger partial charge in [0.1, 0.15) is 10.4 Å². The summed E-state index contributed by atoms with van der Waals surface area (Å²) in [5, 5.41) is 6.43. The number of aryl methyl sites for hydroxylation is 1. The van der Waals surface area contributed by atoms with E-state index < -0.39 is 0 Å². The maximum Gasteiger partial charge on any atom is 0.352 e. The van der Waals surface area contributed by atoms with Gasteiger partial charge in [-0.2, -0.15) is 0 Å². The highest BCUT2D eigenvalue weighted by molar-refractivity contribution is 7.17. The van der Waals surface area contributed by atoms with E-state index in [0.29, 0.717) is 35.7 Å². The number of nitrogens with zero attached hydrogens (tertiary/aromatic N) is 4. The molecule has 0 spiro atoms. The fourth-order valence-electron chi connectivity index (χ4n) is 3.96. The molecular formula is C25H24N4O3S. The fourth-order valence-corrected chi connectivity index (χ4v) is 4.78. The molecule has 0 saturated heterocycles. The summed E-state index contributed by atoms with van der Waals surface area (Å²) in [6, 6.07) is 17.5. The Balaban J connectivity index is 1.61. The third-order valence-electron chi connectivity index (χ3n) is 5.54. The largest absolute Gasteiger partial charge is 0.494 e. The number of aromatic nitrogens is 4. The second-order valence-electron chi connectivity index (χ2n) is 8.08. The molecule has 0 bridgehead atoms. The van der Waals surface area contributed by atoms with Crippen molar-refractivity contribution in [2.75, 3.05) is 6.61 Å². The minimum Gasteiger partial charge on any atom is -0.494 e. The lowest BCUT2D eigenvalue weighted by atomic mass is 10.1. The monoisotopic (exact) mass is 460 g/mol. The van der Waals surface area contributed by atoms with Gasteiger partial charge in [0.25, 0.3) is 5.56 Å². The average molecular weight is 461 g/mol. The first-order valence-corrected chi connectivity index (χ1v) is 11.8. The van der Waals surface area contributed by atoms with Crippen LogP contribution in [0.2, 0.25) is 0 Å². The zero-order valence-electron chi connectivity index (χ0n) is 18.5. The minimum atomic E-state index is -0.257. The van der Waals surface area contributed by atoms with E-state index in [9.17, 15) is 9.59 Å². The Morgan fingerprint density at radius 1 is 1.00 bits per heavy atom. The van der Waals surface area contributed by atoms with Crippen molar-refractivity contribution in [3.05, 3.63) is 97.5 Å². The maximum absolute atomic E-state index is 13.3. The Labute approximate surface area is 194 Å². The van der Waals surface area contributed by atoms with E-state index in [1.54, 1.807) is 15.0 Å². The molecule has 168 valence electrons. The molecule has 5 rings (SSSR count). The van der Waals surface area contributed by atoms with E-state index in [4.69, 9.17) is 4.74 Å². The molecule has 3 heterocycles. The van der Waals surface area contributed by atoms with Gasteiger partial charge in [0.05, 0.1) is 25.2 Å². The van der Waals surface area contributed by atoms with Crippen molar-refractivity contribution in [2.45, 2.75) is 33.4 Å². The Hall–Kier alpha value is -3.65. The molecule has 0 amide bonds. The third-order valence-corrected chi connectivity index (χ3v) is 6.43. The molecule has 0 atom stereocenters. The van der Waals surface area contributed by atoms with Gasteiger partial charge in [0, 0.05) is 0 Å². The minimum absolute atomic E-state index is 0.147. The summed E-state index contributed by atoms with van der Waals surface area (Å²) in [5.74, 6) is 1.14. The molecule has 2 aromatic carbocycles. The van der Waals surface area contributed by atoms with Crippen LogP contribution < -0.4 is 16.0 Å². The van der Waals surface area contributed by atoms with Crippen LogP contribution in [0.4, 0.5) is 0 Å². The van der Waals surface area contributed by atoms with Crippen LogP contribution in [0.5, 0.6) is 5.75 Å². The summed E-state index contributed by atoms with van der Waals surface area (Å²) in [7, 11) is 0. The number of ether oxygens (including phenoxy) is 1. The van der Waals surface area contributed by atoms with E-state index in [0.717, 1.165) is 28.9 Å². The Morgan fingerprint density at radius 2 is 1.82 bits per heavy atom. The lowest BCUT2D eigenvalue weighted by Gasteiger charge is -2.09. The number of fused-ring (bicyclic) bond motifs is 3. The summed E-state index contributed by atoms with van der Waals surface area (Å²) in [5.41, 5.74) is 3.23. The molecule has 3 aromatic heterocycles. The van der Waals surface area contributed by atoms with Crippen molar-refractivity contribution in [2.24, 2.45) is 0 Å². The van der Waals surface area contributed by atoms with Gasteiger partial charge in [0.2, 0.25) is 5.78 Å². The third kappa shape index (κ3) is 3.98. The van der Waals surface area contributed by atoms with Gasteiger partial charge >= 0.3 is 5.69 Å². The van der Waals surface area contributed by atoms with Crippen molar-refractivity contribution in [3.63, 3.8) is 0 Å². The Kier molecular flexibility index (Phi) is 5.60. The summed E-state index contributed by atoms with van der Waals surface area (Å²) in [6.07, 6.45) is 0.940. The number of hydrogen-bond donors (Lipinski definition) is 0. The molecule has 0 saturated carbocycles. The SMILES string of the molecule is CCCOc1ccc(Cn2c(=O)c3sccc3n3c(=O)n(Cc4cccc(C)c4)nc23)cc1. The van der Waals surface area contributed by atoms with Gasteiger partial charge in [-0.05, 0) is 48.1 Å². The molecule has 0 N–H and O–H groups in total. The van der Waals surface area contributed by atoms with E-state index in [-0.39, 0.29) is 11.2 Å². The predicted octanol–water partition coefficient (Wildman–Crippen LogP) is 4.07. The summed E-state index contributed by atoms with van der Waals surface area (Å²) >= 11 is 1.34. The molecule has 0 aliphatic heterocycles. The topological polar surface area (TPSA) is 70.5 Å². The zero-order chi connectivity index (χ0) is 22.9. The van der Waals surface area contributed by atoms with E-state index in [1.807, 2.05) is 60.8 Å². The van der Waals surface area contributed by atoms with Crippen molar-refractivity contribution in [1.29, 1.82) is 0 Å². The van der Waals surface area contributed by atoms with Crippen LogP contribution in [-0.4, -0.2) is 25.4 Å². The van der Waals surface area contributed by atoms with Crippen LogP contribution >= 0.6 is 11.3 Å². The number of rotatable bonds is 7. The molecule has 0 aliphatic rings. The summed E-state index contributed by atoms with van der Waals surface area (Å²) in [4.78, 5) is 26.7. The van der Waals surface area contributed by atoms with E-state index in [2.05, 4.69) is 12.0 Å². The van der Waals surface area contributed by atoms with Crippen molar-refractivity contribution < 1.29 is 4.74 Å². The fraction of sp³-hybridized carbons (Fsp3) is 0.240. The molecule has 0 radical (unpaired) electrons. The van der Waals surface area contributed by atoms with Crippen molar-refractivity contribution in [3.8, 4) is 5.75 Å². The second kappa shape index (κ2) is 8.71. The zero-order valence-corrected chi connectivity index (χ0v) is 19.3. The lowest BCUT2D eigenvalue weighted by molar-refractivity contribution is 0.317. The van der Waals surface area contributed by atoms with Gasteiger partial charge in [-0.25, -0.2) is 13.9 Å². The van der Waals surface area contributed by atoms with Gasteiger partial charge in [-0.3, -0.25) is 9.36 Å². The molecule has 0 unspecified atom stereocenters. The van der Waals surface area contributed by atoms with Crippen LogP contribution in [0, 0.1) is 6.92 Å². The standard InChI is InChI=1S/C25H24N4O3S/c1-3-12-32-20-9-7-18(8-10-20)15-27-23(30)22-21(11-13-33-22)29-24(27)26-28(25(29)31)16-19-6-4-5-17(2)14-19/h4-11,13-14H,3,12,15-16H2,1-2H3. The van der Waals surface area contributed by atoms with Crippen LogP contribution in [0.1, 0.15) is 30.0 Å². The highest BCUT2D eigenvalue weighted by atomic mass is 32.1. The first kappa shape index (κ1) is 21.2. The average Bonchev–Trinajstić information content (AvgIpc) is 3.41. The number of benzene rings is 2. The Morgan fingerprint density at radius 3 is 2.58 bits per heavy atom. The van der Waals surface area contributed by atoms with Crippen LogP contribution in [0.25, 0.3) is 16.0 Å². The molecular weight excluding hydrogens is 436 g/mol. The Bertz CT molecular complexity index is 1560. The van der Waals surface area contributed by atoms with Crippen molar-refractivity contribution in [1.82, 2.24) is 18.7 Å². The molecule has 5 aromatic rings. The molecule has 8 heteroatoms. The van der Waals surface area contributed by atoms with Crippen molar-refractivity contribution >= 4 is 27.3 Å². The molecule has 0 aliphatic carbocycles.